The Balaban J connectivity index is 2.99. The van der Waals surface area contributed by atoms with Gasteiger partial charge in [0.15, 0.2) is 0 Å². The van der Waals surface area contributed by atoms with E-state index in [1.165, 1.54) is 0 Å². The molecule has 0 unspecified atom stereocenters. The highest BCUT2D eigenvalue weighted by molar-refractivity contribution is 5.97. The van der Waals surface area contributed by atoms with Gasteiger partial charge in [-0.1, -0.05) is 13.8 Å². The number of hydrogen-bond acceptors (Lipinski definition) is 4. The van der Waals surface area contributed by atoms with Gasteiger partial charge in [-0.2, -0.15) is 0 Å². The van der Waals surface area contributed by atoms with Gasteiger partial charge in [0.25, 0.3) is 11.6 Å². The number of nitro benzene ring substituents is 1. The SMILES string of the molecule is CC(C)C[C@@H](NC(=O)c1cc([N+](=O)[O-])ccc1F)C(=O)O. The standard InChI is InChI=1S/C13H15FN2O5/c1-7(2)5-11(13(18)19)15-12(17)9-6-8(16(20)21)3-4-10(9)14/h3-4,6-7,11H,5H2,1-2H3,(H,15,17)(H,18,19)/t11-/m1/s1. The number of nitrogens with zero attached hydrogens (tertiary/aromatic N) is 1. The molecule has 1 aromatic carbocycles. The van der Waals surface area contributed by atoms with Crippen LogP contribution in [-0.2, 0) is 4.79 Å². The van der Waals surface area contributed by atoms with Crippen molar-refractivity contribution in [3.63, 3.8) is 0 Å². The first-order valence-corrected chi connectivity index (χ1v) is 6.20. The maximum absolute atomic E-state index is 13.6. The monoisotopic (exact) mass is 298 g/mol. The van der Waals surface area contributed by atoms with Gasteiger partial charge in [-0.3, -0.25) is 14.9 Å². The highest BCUT2D eigenvalue weighted by atomic mass is 19.1. The van der Waals surface area contributed by atoms with Crippen LogP contribution in [0.25, 0.3) is 0 Å². The van der Waals surface area contributed by atoms with Crippen LogP contribution in [0.5, 0.6) is 0 Å². The molecule has 8 heteroatoms. The Morgan fingerprint density at radius 3 is 2.52 bits per heavy atom. The maximum atomic E-state index is 13.6. The normalized spacial score (nSPS) is 12.0. The lowest BCUT2D eigenvalue weighted by Gasteiger charge is -2.16. The number of amides is 1. The molecule has 1 atom stereocenters. The largest absolute Gasteiger partial charge is 0.480 e. The number of carbonyl (C=O) groups excluding carboxylic acids is 1. The van der Waals surface area contributed by atoms with E-state index in [0.717, 1.165) is 18.2 Å². The van der Waals surface area contributed by atoms with Crippen molar-refractivity contribution in [2.75, 3.05) is 0 Å². The first kappa shape index (κ1) is 16.5. The molecule has 0 saturated heterocycles. The number of nitrogens with one attached hydrogen (secondary N) is 1. The molecule has 1 amide bonds. The number of carboxylic acids is 1. The summed E-state index contributed by atoms with van der Waals surface area (Å²) in [6, 6.07) is 1.32. The molecule has 0 saturated carbocycles. The number of nitro groups is 1. The van der Waals surface area contributed by atoms with Crippen LogP contribution in [0.3, 0.4) is 0 Å². The van der Waals surface area contributed by atoms with E-state index in [2.05, 4.69) is 5.32 Å². The third-order valence-corrected chi connectivity index (χ3v) is 2.72. The fourth-order valence-corrected chi connectivity index (χ4v) is 1.73. The van der Waals surface area contributed by atoms with Crippen LogP contribution in [0.2, 0.25) is 0 Å². The average Bonchev–Trinajstić information content (AvgIpc) is 2.37. The number of carbonyl (C=O) groups is 2. The quantitative estimate of drug-likeness (QED) is 0.616. The number of hydrogen-bond donors (Lipinski definition) is 2. The first-order valence-electron chi connectivity index (χ1n) is 6.20. The minimum Gasteiger partial charge on any atom is -0.480 e. The fraction of sp³-hybridized carbons (Fsp3) is 0.385. The zero-order chi connectivity index (χ0) is 16.2. The molecule has 7 nitrogen and oxygen atoms in total. The zero-order valence-electron chi connectivity index (χ0n) is 11.5. The molecule has 114 valence electrons. The summed E-state index contributed by atoms with van der Waals surface area (Å²) in [5.74, 6) is -3.19. The molecule has 0 aliphatic carbocycles. The molecule has 1 aromatic rings. The Morgan fingerprint density at radius 2 is 2.05 bits per heavy atom. The van der Waals surface area contributed by atoms with Crippen molar-refractivity contribution in [1.82, 2.24) is 5.32 Å². The van der Waals surface area contributed by atoms with E-state index >= 15 is 0 Å². The van der Waals surface area contributed by atoms with Crippen LogP contribution in [0, 0.1) is 21.8 Å². The van der Waals surface area contributed by atoms with E-state index < -0.39 is 39.9 Å². The molecule has 0 aromatic heterocycles. The molecule has 0 spiro atoms. The minimum atomic E-state index is -1.25. The van der Waals surface area contributed by atoms with E-state index in [1.807, 2.05) is 0 Å². The first-order chi connectivity index (χ1) is 9.72. The number of carboxylic acid groups (broad SMARTS) is 1. The van der Waals surface area contributed by atoms with Gasteiger partial charge in [0, 0.05) is 12.1 Å². The topological polar surface area (TPSA) is 110 Å². The second kappa shape index (κ2) is 6.78. The number of halogens is 1. The molecule has 0 radical (unpaired) electrons. The predicted octanol–water partition coefficient (Wildman–Crippen LogP) is 1.96. The summed E-state index contributed by atoms with van der Waals surface area (Å²) < 4.78 is 13.6. The van der Waals surface area contributed by atoms with Crippen LogP contribution in [0.4, 0.5) is 10.1 Å². The van der Waals surface area contributed by atoms with Gasteiger partial charge in [-0.15, -0.1) is 0 Å². The highest BCUT2D eigenvalue weighted by Crippen LogP contribution is 2.17. The number of non-ortho nitro benzene ring substituents is 1. The summed E-state index contributed by atoms with van der Waals surface area (Å²) in [5.41, 5.74) is -1.00. The lowest BCUT2D eigenvalue weighted by Crippen LogP contribution is -2.41. The van der Waals surface area contributed by atoms with Crippen molar-refractivity contribution in [2.45, 2.75) is 26.3 Å². The number of aliphatic carboxylic acids is 1. The molecule has 1 rings (SSSR count). The average molecular weight is 298 g/mol. The summed E-state index contributed by atoms with van der Waals surface area (Å²) in [4.78, 5) is 32.8. The number of benzene rings is 1. The van der Waals surface area contributed by atoms with Gasteiger partial charge in [-0.05, 0) is 18.4 Å². The van der Waals surface area contributed by atoms with Crippen molar-refractivity contribution in [2.24, 2.45) is 5.92 Å². The van der Waals surface area contributed by atoms with Crippen molar-refractivity contribution >= 4 is 17.6 Å². The summed E-state index contributed by atoms with van der Waals surface area (Å²) in [6.45, 7) is 3.55. The Hall–Kier alpha value is -2.51. The fourth-order valence-electron chi connectivity index (χ4n) is 1.73. The second-order valence-corrected chi connectivity index (χ2v) is 4.92. The lowest BCUT2D eigenvalue weighted by molar-refractivity contribution is -0.384. The van der Waals surface area contributed by atoms with Crippen molar-refractivity contribution in [3.05, 3.63) is 39.7 Å². The van der Waals surface area contributed by atoms with E-state index in [4.69, 9.17) is 5.11 Å². The van der Waals surface area contributed by atoms with Crippen LogP contribution in [0.1, 0.15) is 30.6 Å². The van der Waals surface area contributed by atoms with Crippen molar-refractivity contribution < 1.29 is 24.0 Å². The molecular weight excluding hydrogens is 283 g/mol. The molecule has 0 fully saturated rings. The Labute approximate surface area is 119 Å². The highest BCUT2D eigenvalue weighted by Gasteiger charge is 2.24. The van der Waals surface area contributed by atoms with Crippen LogP contribution < -0.4 is 5.32 Å². The van der Waals surface area contributed by atoms with E-state index in [0.29, 0.717) is 0 Å². The van der Waals surface area contributed by atoms with Crippen LogP contribution >= 0.6 is 0 Å². The Morgan fingerprint density at radius 1 is 1.43 bits per heavy atom. The lowest BCUT2D eigenvalue weighted by atomic mass is 10.0. The predicted molar refractivity (Wildman–Crippen MR) is 71.4 cm³/mol. The summed E-state index contributed by atoms with van der Waals surface area (Å²) in [5, 5.41) is 21.8. The second-order valence-electron chi connectivity index (χ2n) is 4.92. The third-order valence-electron chi connectivity index (χ3n) is 2.72. The van der Waals surface area contributed by atoms with Crippen LogP contribution in [0.15, 0.2) is 18.2 Å². The van der Waals surface area contributed by atoms with Crippen molar-refractivity contribution in [1.29, 1.82) is 0 Å². The summed E-state index contributed by atoms with van der Waals surface area (Å²) in [7, 11) is 0. The minimum absolute atomic E-state index is 0.00126. The third kappa shape index (κ3) is 4.51. The van der Waals surface area contributed by atoms with Crippen LogP contribution in [-0.4, -0.2) is 27.9 Å². The molecule has 2 N–H and O–H groups in total. The zero-order valence-corrected chi connectivity index (χ0v) is 11.5. The maximum Gasteiger partial charge on any atom is 0.326 e. The van der Waals surface area contributed by atoms with E-state index in [1.54, 1.807) is 13.8 Å². The summed E-state index contributed by atoms with van der Waals surface area (Å²) >= 11 is 0. The Bertz CT molecular complexity index is 574. The van der Waals surface area contributed by atoms with Gasteiger partial charge in [0.05, 0.1) is 10.5 Å². The van der Waals surface area contributed by atoms with Gasteiger partial charge < -0.3 is 10.4 Å². The molecular formula is C13H15FN2O5. The molecule has 21 heavy (non-hydrogen) atoms. The van der Waals surface area contributed by atoms with Gasteiger partial charge in [-0.25, -0.2) is 9.18 Å². The smallest absolute Gasteiger partial charge is 0.326 e. The molecule has 0 bridgehead atoms. The molecule has 0 aliphatic rings. The molecule has 0 heterocycles. The van der Waals surface area contributed by atoms with Crippen molar-refractivity contribution in [3.8, 4) is 0 Å². The van der Waals surface area contributed by atoms with E-state index in [9.17, 15) is 24.1 Å². The summed E-state index contributed by atoms with van der Waals surface area (Å²) in [6.07, 6.45) is 0.164. The number of rotatable bonds is 6. The molecule has 0 aliphatic heterocycles. The van der Waals surface area contributed by atoms with Gasteiger partial charge in [0.2, 0.25) is 0 Å². The Kier molecular flexibility index (Phi) is 5.34. The van der Waals surface area contributed by atoms with Gasteiger partial charge >= 0.3 is 5.97 Å². The van der Waals surface area contributed by atoms with E-state index in [-0.39, 0.29) is 12.3 Å². The van der Waals surface area contributed by atoms with Gasteiger partial charge in [0.1, 0.15) is 11.9 Å².